The number of amides is 2. The van der Waals surface area contributed by atoms with Gasteiger partial charge in [-0.2, -0.15) is 0 Å². The van der Waals surface area contributed by atoms with E-state index in [-0.39, 0.29) is 18.4 Å². The average Bonchev–Trinajstić information content (AvgIpc) is 3.06. The Bertz CT molecular complexity index is 665. The summed E-state index contributed by atoms with van der Waals surface area (Å²) in [7, 11) is 0. The fraction of sp³-hybridized carbons (Fsp3) is 0.500. The van der Waals surface area contributed by atoms with Crippen LogP contribution in [0.5, 0.6) is 0 Å². The third-order valence-corrected chi connectivity index (χ3v) is 5.01. The standard InChI is InChI=1S/C18H22N2O5/c21-15-2-1-9-20(15)14-5-3-13(4-6-14)16(22)19-12-18(17(23)24)7-10-25-11-8-18/h3-6H,1-2,7-12H2,(H,19,22)(H,23,24). The van der Waals surface area contributed by atoms with Gasteiger partial charge in [0.25, 0.3) is 5.91 Å². The molecule has 0 aliphatic carbocycles. The maximum Gasteiger partial charge on any atom is 0.311 e. The molecular formula is C18H22N2O5. The molecule has 7 heteroatoms. The van der Waals surface area contributed by atoms with Crippen LogP contribution in [0, 0.1) is 5.41 Å². The monoisotopic (exact) mass is 346 g/mol. The van der Waals surface area contributed by atoms with Gasteiger partial charge in [0.15, 0.2) is 0 Å². The van der Waals surface area contributed by atoms with Crippen LogP contribution in [0.3, 0.4) is 0 Å². The smallest absolute Gasteiger partial charge is 0.311 e. The van der Waals surface area contributed by atoms with Crippen molar-refractivity contribution in [3.63, 3.8) is 0 Å². The van der Waals surface area contributed by atoms with Gasteiger partial charge in [0.2, 0.25) is 5.91 Å². The Kier molecular flexibility index (Phi) is 5.03. The van der Waals surface area contributed by atoms with Crippen LogP contribution in [-0.2, 0) is 14.3 Å². The maximum absolute atomic E-state index is 12.3. The van der Waals surface area contributed by atoms with Crippen molar-refractivity contribution in [1.82, 2.24) is 5.32 Å². The molecule has 7 nitrogen and oxygen atoms in total. The molecule has 0 unspecified atom stereocenters. The number of hydrogen-bond donors (Lipinski definition) is 2. The molecule has 0 spiro atoms. The number of carboxylic acid groups (broad SMARTS) is 1. The van der Waals surface area contributed by atoms with Gasteiger partial charge in [0, 0.05) is 44.0 Å². The number of carbonyl (C=O) groups is 3. The molecular weight excluding hydrogens is 324 g/mol. The van der Waals surface area contributed by atoms with E-state index in [1.807, 2.05) is 0 Å². The van der Waals surface area contributed by atoms with Gasteiger partial charge in [-0.1, -0.05) is 0 Å². The Hall–Kier alpha value is -2.41. The van der Waals surface area contributed by atoms with E-state index in [1.54, 1.807) is 29.2 Å². The van der Waals surface area contributed by atoms with Crippen LogP contribution >= 0.6 is 0 Å². The molecule has 0 aromatic heterocycles. The Morgan fingerprint density at radius 3 is 2.44 bits per heavy atom. The molecule has 134 valence electrons. The Morgan fingerprint density at radius 2 is 1.88 bits per heavy atom. The summed E-state index contributed by atoms with van der Waals surface area (Å²) in [5, 5.41) is 12.2. The van der Waals surface area contributed by atoms with E-state index in [0.29, 0.717) is 44.6 Å². The van der Waals surface area contributed by atoms with E-state index in [4.69, 9.17) is 4.74 Å². The molecule has 1 aromatic carbocycles. The summed E-state index contributed by atoms with van der Waals surface area (Å²) in [6, 6.07) is 6.82. The number of benzene rings is 1. The van der Waals surface area contributed by atoms with Crippen molar-refractivity contribution < 1.29 is 24.2 Å². The highest BCUT2D eigenvalue weighted by molar-refractivity contribution is 5.97. The van der Waals surface area contributed by atoms with Gasteiger partial charge in [-0.25, -0.2) is 0 Å². The molecule has 1 aromatic rings. The average molecular weight is 346 g/mol. The van der Waals surface area contributed by atoms with Crippen molar-refractivity contribution in [2.24, 2.45) is 5.41 Å². The van der Waals surface area contributed by atoms with Crippen LogP contribution in [0.4, 0.5) is 5.69 Å². The lowest BCUT2D eigenvalue weighted by Gasteiger charge is -2.33. The van der Waals surface area contributed by atoms with Crippen LogP contribution in [-0.4, -0.2) is 49.2 Å². The first-order valence-electron chi connectivity index (χ1n) is 8.52. The van der Waals surface area contributed by atoms with Gasteiger partial charge in [-0.15, -0.1) is 0 Å². The largest absolute Gasteiger partial charge is 0.481 e. The second kappa shape index (κ2) is 7.23. The number of hydrogen-bond acceptors (Lipinski definition) is 4. The van der Waals surface area contributed by atoms with Crippen LogP contribution in [0.2, 0.25) is 0 Å². The van der Waals surface area contributed by atoms with Crippen molar-refractivity contribution in [3.05, 3.63) is 29.8 Å². The topological polar surface area (TPSA) is 95.9 Å². The molecule has 2 fully saturated rings. The summed E-state index contributed by atoms with van der Waals surface area (Å²) in [4.78, 5) is 37.4. The molecule has 2 aliphatic heterocycles. The van der Waals surface area contributed by atoms with Crippen LogP contribution in [0.15, 0.2) is 24.3 Å². The summed E-state index contributed by atoms with van der Waals surface area (Å²) >= 11 is 0. The SMILES string of the molecule is O=C(NCC1(C(=O)O)CCOCC1)c1ccc(N2CCCC2=O)cc1. The Morgan fingerprint density at radius 1 is 1.20 bits per heavy atom. The number of anilines is 1. The van der Waals surface area contributed by atoms with Crippen molar-refractivity contribution in [2.75, 3.05) is 31.2 Å². The Balaban J connectivity index is 1.63. The fourth-order valence-electron chi connectivity index (χ4n) is 3.29. The highest BCUT2D eigenvalue weighted by Crippen LogP contribution is 2.30. The van der Waals surface area contributed by atoms with Crippen LogP contribution in [0.25, 0.3) is 0 Å². The van der Waals surface area contributed by atoms with Crippen molar-refractivity contribution >= 4 is 23.5 Å². The predicted octanol–water partition coefficient (Wildman–Crippen LogP) is 1.42. The summed E-state index contributed by atoms with van der Waals surface area (Å²) < 4.78 is 5.23. The predicted molar refractivity (Wildman–Crippen MR) is 90.5 cm³/mol. The van der Waals surface area contributed by atoms with Gasteiger partial charge >= 0.3 is 5.97 Å². The maximum atomic E-state index is 12.3. The first-order valence-corrected chi connectivity index (χ1v) is 8.52. The highest BCUT2D eigenvalue weighted by atomic mass is 16.5. The molecule has 2 amide bonds. The number of aliphatic carboxylic acids is 1. The summed E-state index contributed by atoms with van der Waals surface area (Å²) in [5.41, 5.74) is 0.268. The van der Waals surface area contributed by atoms with E-state index in [2.05, 4.69) is 5.32 Å². The third kappa shape index (κ3) is 3.66. The van der Waals surface area contributed by atoms with E-state index in [9.17, 15) is 19.5 Å². The summed E-state index contributed by atoms with van der Waals surface area (Å²) in [6.45, 7) is 1.56. The lowest BCUT2D eigenvalue weighted by atomic mass is 9.80. The van der Waals surface area contributed by atoms with Gasteiger partial charge in [0.05, 0.1) is 5.41 Å². The molecule has 0 bridgehead atoms. The van der Waals surface area contributed by atoms with Crippen LogP contribution in [0.1, 0.15) is 36.0 Å². The highest BCUT2D eigenvalue weighted by Gasteiger charge is 2.40. The summed E-state index contributed by atoms with van der Waals surface area (Å²) in [5.74, 6) is -1.12. The van der Waals surface area contributed by atoms with Crippen molar-refractivity contribution in [3.8, 4) is 0 Å². The minimum absolute atomic E-state index is 0.0802. The van der Waals surface area contributed by atoms with Crippen LogP contribution < -0.4 is 10.2 Å². The third-order valence-electron chi connectivity index (χ3n) is 5.01. The van der Waals surface area contributed by atoms with Gasteiger partial charge in [-0.05, 0) is 43.5 Å². The minimum Gasteiger partial charge on any atom is -0.481 e. The number of rotatable bonds is 5. The fourth-order valence-corrected chi connectivity index (χ4v) is 3.29. The van der Waals surface area contributed by atoms with Crippen molar-refractivity contribution in [1.29, 1.82) is 0 Å². The molecule has 0 saturated carbocycles. The first kappa shape index (κ1) is 17.4. The van der Waals surface area contributed by atoms with E-state index in [1.165, 1.54) is 0 Å². The van der Waals surface area contributed by atoms with Gasteiger partial charge in [0.1, 0.15) is 0 Å². The molecule has 2 saturated heterocycles. The quantitative estimate of drug-likeness (QED) is 0.841. The number of nitrogens with zero attached hydrogens (tertiary/aromatic N) is 1. The summed E-state index contributed by atoms with van der Waals surface area (Å²) in [6.07, 6.45) is 2.18. The zero-order chi connectivity index (χ0) is 17.9. The number of ether oxygens (including phenoxy) is 1. The van der Waals surface area contributed by atoms with E-state index in [0.717, 1.165) is 12.1 Å². The van der Waals surface area contributed by atoms with Gasteiger partial charge in [-0.3, -0.25) is 14.4 Å². The molecule has 0 atom stereocenters. The zero-order valence-corrected chi connectivity index (χ0v) is 14.0. The number of nitrogens with one attached hydrogen (secondary N) is 1. The number of carboxylic acids is 1. The first-order chi connectivity index (χ1) is 12.0. The number of carbonyl (C=O) groups excluding carboxylic acids is 2. The minimum atomic E-state index is -0.962. The van der Waals surface area contributed by atoms with Crippen molar-refractivity contribution in [2.45, 2.75) is 25.7 Å². The molecule has 25 heavy (non-hydrogen) atoms. The van der Waals surface area contributed by atoms with E-state index >= 15 is 0 Å². The molecule has 2 heterocycles. The second-order valence-corrected chi connectivity index (χ2v) is 6.58. The molecule has 2 aliphatic rings. The van der Waals surface area contributed by atoms with Gasteiger partial charge < -0.3 is 20.1 Å². The lowest BCUT2D eigenvalue weighted by molar-refractivity contribution is -0.154. The lowest BCUT2D eigenvalue weighted by Crippen LogP contribution is -2.46. The molecule has 0 radical (unpaired) electrons. The molecule has 3 rings (SSSR count). The van der Waals surface area contributed by atoms with E-state index < -0.39 is 11.4 Å². The molecule has 2 N–H and O–H groups in total. The Labute approximate surface area is 146 Å². The second-order valence-electron chi connectivity index (χ2n) is 6.58. The normalized spacial score (nSPS) is 19.7. The zero-order valence-electron chi connectivity index (χ0n) is 14.0.